The second kappa shape index (κ2) is 6.53. The molecule has 2 aromatic carbocycles. The fourth-order valence-electron chi connectivity index (χ4n) is 2.38. The Hall–Kier alpha value is -1.87. The molecule has 2 rings (SSSR count). The Morgan fingerprint density at radius 2 is 1.85 bits per heavy atom. The molecule has 1 atom stereocenters. The molecule has 0 bridgehead atoms. The van der Waals surface area contributed by atoms with E-state index in [1.165, 1.54) is 0 Å². The second-order valence-electron chi connectivity index (χ2n) is 5.47. The molecule has 20 heavy (non-hydrogen) atoms. The van der Waals surface area contributed by atoms with E-state index in [1.54, 1.807) is 0 Å². The SMILES string of the molecule is CC(C)C(CN)NC(=O)Cc1cccc2ccccc12. The molecule has 0 heterocycles. The summed E-state index contributed by atoms with van der Waals surface area (Å²) >= 11 is 0. The van der Waals surface area contributed by atoms with Crippen LogP contribution in [0.4, 0.5) is 0 Å². The van der Waals surface area contributed by atoms with Crippen LogP contribution in [-0.2, 0) is 11.2 Å². The van der Waals surface area contributed by atoms with Crippen LogP contribution in [0.3, 0.4) is 0 Å². The highest BCUT2D eigenvalue weighted by molar-refractivity contribution is 5.90. The molecule has 0 aliphatic carbocycles. The van der Waals surface area contributed by atoms with Crippen LogP contribution in [0.25, 0.3) is 10.8 Å². The maximum atomic E-state index is 12.2. The lowest BCUT2D eigenvalue weighted by Crippen LogP contribution is -2.44. The Morgan fingerprint density at radius 1 is 1.15 bits per heavy atom. The van der Waals surface area contributed by atoms with Gasteiger partial charge in [0.2, 0.25) is 5.91 Å². The predicted molar refractivity (Wildman–Crippen MR) is 83.5 cm³/mol. The quantitative estimate of drug-likeness (QED) is 0.877. The number of carbonyl (C=O) groups excluding carboxylic acids is 1. The van der Waals surface area contributed by atoms with Gasteiger partial charge in [0.05, 0.1) is 6.42 Å². The summed E-state index contributed by atoms with van der Waals surface area (Å²) in [5, 5.41) is 5.32. The topological polar surface area (TPSA) is 55.1 Å². The summed E-state index contributed by atoms with van der Waals surface area (Å²) in [5.41, 5.74) is 6.75. The van der Waals surface area contributed by atoms with Crippen molar-refractivity contribution in [3.63, 3.8) is 0 Å². The third-order valence-electron chi connectivity index (χ3n) is 3.64. The van der Waals surface area contributed by atoms with E-state index in [2.05, 4.69) is 37.4 Å². The highest BCUT2D eigenvalue weighted by Gasteiger charge is 2.15. The minimum Gasteiger partial charge on any atom is -0.352 e. The van der Waals surface area contributed by atoms with Gasteiger partial charge in [0.25, 0.3) is 0 Å². The smallest absolute Gasteiger partial charge is 0.224 e. The van der Waals surface area contributed by atoms with Crippen molar-refractivity contribution >= 4 is 16.7 Å². The van der Waals surface area contributed by atoms with Crippen LogP contribution in [0.5, 0.6) is 0 Å². The minimum absolute atomic E-state index is 0.0329. The summed E-state index contributed by atoms with van der Waals surface area (Å²) in [6, 6.07) is 14.2. The molecule has 3 N–H and O–H groups in total. The molecule has 0 aliphatic heterocycles. The number of nitrogens with one attached hydrogen (secondary N) is 1. The number of carbonyl (C=O) groups is 1. The van der Waals surface area contributed by atoms with Crippen LogP contribution in [-0.4, -0.2) is 18.5 Å². The van der Waals surface area contributed by atoms with Crippen molar-refractivity contribution in [1.82, 2.24) is 5.32 Å². The first-order chi connectivity index (χ1) is 9.61. The van der Waals surface area contributed by atoms with Crippen molar-refractivity contribution in [2.45, 2.75) is 26.3 Å². The Morgan fingerprint density at radius 3 is 2.55 bits per heavy atom. The summed E-state index contributed by atoms with van der Waals surface area (Å²) in [6.07, 6.45) is 0.393. The van der Waals surface area contributed by atoms with Crippen LogP contribution in [0.2, 0.25) is 0 Å². The molecule has 3 heteroatoms. The number of hydrogen-bond acceptors (Lipinski definition) is 2. The first-order valence-corrected chi connectivity index (χ1v) is 7.08. The molecule has 0 fully saturated rings. The standard InChI is InChI=1S/C17H22N2O/c1-12(2)16(11-18)19-17(20)10-14-8-5-7-13-6-3-4-9-15(13)14/h3-9,12,16H,10-11,18H2,1-2H3,(H,19,20). The zero-order chi connectivity index (χ0) is 14.5. The number of fused-ring (bicyclic) bond motifs is 1. The maximum absolute atomic E-state index is 12.2. The first-order valence-electron chi connectivity index (χ1n) is 7.08. The number of amides is 1. The van der Waals surface area contributed by atoms with Gasteiger partial charge >= 0.3 is 0 Å². The van der Waals surface area contributed by atoms with E-state index in [4.69, 9.17) is 5.73 Å². The summed E-state index contributed by atoms with van der Waals surface area (Å²) in [7, 11) is 0. The second-order valence-corrected chi connectivity index (χ2v) is 5.47. The van der Waals surface area contributed by atoms with Crippen LogP contribution >= 0.6 is 0 Å². The normalized spacial score (nSPS) is 12.6. The third-order valence-corrected chi connectivity index (χ3v) is 3.64. The van der Waals surface area contributed by atoms with E-state index in [0.29, 0.717) is 18.9 Å². The molecular formula is C17H22N2O. The fourth-order valence-corrected chi connectivity index (χ4v) is 2.38. The van der Waals surface area contributed by atoms with Gasteiger partial charge in [0.15, 0.2) is 0 Å². The summed E-state index contributed by atoms with van der Waals surface area (Å²) in [5.74, 6) is 0.377. The number of benzene rings is 2. The van der Waals surface area contributed by atoms with Crippen molar-refractivity contribution in [2.75, 3.05) is 6.54 Å². The first kappa shape index (κ1) is 14.5. The number of hydrogen-bond donors (Lipinski definition) is 2. The van der Waals surface area contributed by atoms with Crippen LogP contribution in [0.15, 0.2) is 42.5 Å². The van der Waals surface area contributed by atoms with Crippen molar-refractivity contribution < 1.29 is 4.79 Å². The van der Waals surface area contributed by atoms with Gasteiger partial charge in [-0.3, -0.25) is 4.79 Å². The molecule has 0 aromatic heterocycles. The van der Waals surface area contributed by atoms with Crippen molar-refractivity contribution in [3.05, 3.63) is 48.0 Å². The zero-order valence-electron chi connectivity index (χ0n) is 12.1. The van der Waals surface area contributed by atoms with Gasteiger partial charge in [-0.15, -0.1) is 0 Å². The lowest BCUT2D eigenvalue weighted by molar-refractivity contribution is -0.121. The zero-order valence-corrected chi connectivity index (χ0v) is 12.1. The molecule has 0 saturated heterocycles. The van der Waals surface area contributed by atoms with Gasteiger partial charge in [-0.1, -0.05) is 56.3 Å². The van der Waals surface area contributed by atoms with E-state index in [9.17, 15) is 4.79 Å². The summed E-state index contributed by atoms with van der Waals surface area (Å²) in [4.78, 5) is 12.2. The number of nitrogens with two attached hydrogens (primary N) is 1. The van der Waals surface area contributed by atoms with E-state index in [0.717, 1.165) is 16.3 Å². The van der Waals surface area contributed by atoms with Crippen molar-refractivity contribution in [1.29, 1.82) is 0 Å². The van der Waals surface area contributed by atoms with Crippen LogP contribution < -0.4 is 11.1 Å². The molecule has 1 amide bonds. The largest absolute Gasteiger partial charge is 0.352 e. The van der Waals surface area contributed by atoms with E-state index >= 15 is 0 Å². The highest BCUT2D eigenvalue weighted by Crippen LogP contribution is 2.18. The van der Waals surface area contributed by atoms with Gasteiger partial charge in [0, 0.05) is 12.6 Å². The van der Waals surface area contributed by atoms with Gasteiger partial charge in [-0.05, 0) is 22.3 Å². The Balaban J connectivity index is 2.14. The Labute approximate surface area is 120 Å². The average molecular weight is 270 g/mol. The van der Waals surface area contributed by atoms with Crippen LogP contribution in [0.1, 0.15) is 19.4 Å². The molecule has 1 unspecified atom stereocenters. The molecule has 0 saturated carbocycles. The molecule has 2 aromatic rings. The van der Waals surface area contributed by atoms with Gasteiger partial charge in [-0.25, -0.2) is 0 Å². The molecular weight excluding hydrogens is 248 g/mol. The molecule has 0 radical (unpaired) electrons. The van der Waals surface area contributed by atoms with Crippen molar-refractivity contribution in [3.8, 4) is 0 Å². The fraction of sp³-hybridized carbons (Fsp3) is 0.353. The highest BCUT2D eigenvalue weighted by atomic mass is 16.1. The van der Waals surface area contributed by atoms with E-state index in [1.807, 2.05) is 24.3 Å². The third kappa shape index (κ3) is 3.36. The van der Waals surface area contributed by atoms with E-state index < -0.39 is 0 Å². The van der Waals surface area contributed by atoms with Gasteiger partial charge in [0.1, 0.15) is 0 Å². The molecule has 0 aliphatic rings. The summed E-state index contributed by atoms with van der Waals surface area (Å²) in [6.45, 7) is 4.60. The van der Waals surface area contributed by atoms with Gasteiger partial charge in [-0.2, -0.15) is 0 Å². The molecule has 3 nitrogen and oxygen atoms in total. The predicted octanol–water partition coefficient (Wildman–Crippen LogP) is 2.48. The minimum atomic E-state index is 0.0329. The lowest BCUT2D eigenvalue weighted by Gasteiger charge is -2.20. The number of rotatable bonds is 5. The van der Waals surface area contributed by atoms with E-state index in [-0.39, 0.29) is 11.9 Å². The maximum Gasteiger partial charge on any atom is 0.224 e. The molecule has 106 valence electrons. The molecule has 0 spiro atoms. The summed E-state index contributed by atoms with van der Waals surface area (Å²) < 4.78 is 0. The lowest BCUT2D eigenvalue weighted by atomic mass is 10.0. The monoisotopic (exact) mass is 270 g/mol. The Kier molecular flexibility index (Phi) is 4.74. The Bertz CT molecular complexity index is 587. The average Bonchev–Trinajstić information content (AvgIpc) is 2.45. The van der Waals surface area contributed by atoms with Gasteiger partial charge < -0.3 is 11.1 Å². The van der Waals surface area contributed by atoms with Crippen LogP contribution in [0, 0.1) is 5.92 Å². The van der Waals surface area contributed by atoms with Crippen molar-refractivity contribution in [2.24, 2.45) is 11.7 Å².